The van der Waals surface area contributed by atoms with Crippen molar-refractivity contribution < 1.29 is 18.9 Å². The van der Waals surface area contributed by atoms with Crippen molar-refractivity contribution in [3.05, 3.63) is 23.8 Å². The summed E-state index contributed by atoms with van der Waals surface area (Å²) in [5.41, 5.74) is 1.27. The molecule has 2 aliphatic rings. The van der Waals surface area contributed by atoms with Crippen molar-refractivity contribution in [2.45, 2.75) is 37.5 Å². The fourth-order valence-electron chi connectivity index (χ4n) is 3.83. The zero-order valence-corrected chi connectivity index (χ0v) is 14.3. The van der Waals surface area contributed by atoms with Gasteiger partial charge in [-0.15, -0.1) is 0 Å². The average Bonchev–Trinajstić information content (AvgIpc) is 3.03. The first-order valence-corrected chi connectivity index (χ1v) is 8.36. The van der Waals surface area contributed by atoms with Crippen LogP contribution in [0.2, 0.25) is 0 Å². The molecule has 5 heteroatoms. The van der Waals surface area contributed by atoms with Crippen molar-refractivity contribution in [1.29, 1.82) is 0 Å². The van der Waals surface area contributed by atoms with Crippen LogP contribution < -0.4 is 9.47 Å². The molecule has 0 spiro atoms. The van der Waals surface area contributed by atoms with Gasteiger partial charge in [-0.2, -0.15) is 0 Å². The number of hydrogen-bond donors (Lipinski definition) is 0. The fraction of sp³-hybridized carbons (Fsp3) is 0.667. The molecule has 1 heterocycles. The van der Waals surface area contributed by atoms with E-state index in [4.69, 9.17) is 18.9 Å². The van der Waals surface area contributed by atoms with E-state index in [2.05, 4.69) is 17.0 Å². The summed E-state index contributed by atoms with van der Waals surface area (Å²) in [4.78, 5) is 2.56. The number of ether oxygens (including phenoxy) is 4. The summed E-state index contributed by atoms with van der Waals surface area (Å²) in [6.45, 7) is 2.84. The third-order valence-electron chi connectivity index (χ3n) is 5.09. The Morgan fingerprint density at radius 1 is 1.13 bits per heavy atom. The quantitative estimate of drug-likeness (QED) is 0.803. The standard InChI is InChI=1S/C18H27NO4/c1-20-15-6-4-13(12-17(15)22-3)8-9-19-10-11-23-18-14(19)5-7-16(18)21-2/h4,6,12,14,16,18H,5,7-11H2,1-3H3/t14-,16+,18+/m0/s1. The monoisotopic (exact) mass is 321 g/mol. The number of morpholine rings is 1. The Bertz CT molecular complexity index is 522. The molecule has 0 bridgehead atoms. The second kappa shape index (κ2) is 7.51. The first kappa shape index (κ1) is 16.6. The van der Waals surface area contributed by atoms with E-state index in [1.54, 1.807) is 21.3 Å². The van der Waals surface area contributed by atoms with E-state index in [9.17, 15) is 0 Å². The van der Waals surface area contributed by atoms with Crippen LogP contribution in [-0.2, 0) is 15.9 Å². The molecule has 5 nitrogen and oxygen atoms in total. The van der Waals surface area contributed by atoms with Crippen molar-refractivity contribution in [2.75, 3.05) is 41.0 Å². The summed E-state index contributed by atoms with van der Waals surface area (Å²) >= 11 is 0. The van der Waals surface area contributed by atoms with Gasteiger partial charge in [0.2, 0.25) is 0 Å². The van der Waals surface area contributed by atoms with Crippen LogP contribution in [0.3, 0.4) is 0 Å². The Labute approximate surface area is 138 Å². The van der Waals surface area contributed by atoms with Crippen LogP contribution in [0.15, 0.2) is 18.2 Å². The van der Waals surface area contributed by atoms with Crippen molar-refractivity contribution in [3.8, 4) is 11.5 Å². The molecule has 1 saturated heterocycles. The predicted octanol–water partition coefficient (Wildman–Crippen LogP) is 2.12. The first-order chi connectivity index (χ1) is 11.3. The normalized spacial score (nSPS) is 27.7. The molecule has 3 atom stereocenters. The lowest BCUT2D eigenvalue weighted by Gasteiger charge is -2.39. The highest BCUT2D eigenvalue weighted by Crippen LogP contribution is 2.32. The predicted molar refractivity (Wildman–Crippen MR) is 88.4 cm³/mol. The van der Waals surface area contributed by atoms with Gasteiger partial charge in [0.25, 0.3) is 0 Å². The van der Waals surface area contributed by atoms with Crippen LogP contribution in [0.1, 0.15) is 18.4 Å². The van der Waals surface area contributed by atoms with Crippen LogP contribution in [0.4, 0.5) is 0 Å². The SMILES string of the molecule is COc1ccc(CCN2CCO[C@H]3[C@H](OC)CC[C@@H]32)cc1OC. The van der Waals surface area contributed by atoms with Crippen LogP contribution in [0.25, 0.3) is 0 Å². The minimum atomic E-state index is 0.235. The third-order valence-corrected chi connectivity index (χ3v) is 5.09. The van der Waals surface area contributed by atoms with Gasteiger partial charge in [0.1, 0.15) is 0 Å². The molecule has 1 aromatic carbocycles. The Morgan fingerprint density at radius 3 is 2.70 bits per heavy atom. The van der Waals surface area contributed by atoms with E-state index in [-0.39, 0.29) is 12.2 Å². The molecule has 0 N–H and O–H groups in total. The van der Waals surface area contributed by atoms with Gasteiger partial charge >= 0.3 is 0 Å². The van der Waals surface area contributed by atoms with Gasteiger partial charge in [0.15, 0.2) is 11.5 Å². The van der Waals surface area contributed by atoms with Gasteiger partial charge in [-0.3, -0.25) is 4.90 Å². The lowest BCUT2D eigenvalue weighted by molar-refractivity contribution is -0.104. The summed E-state index contributed by atoms with van der Waals surface area (Å²) in [5.74, 6) is 1.58. The molecule has 0 amide bonds. The fourth-order valence-corrected chi connectivity index (χ4v) is 3.83. The maximum Gasteiger partial charge on any atom is 0.160 e. The van der Waals surface area contributed by atoms with Crippen LogP contribution in [-0.4, -0.2) is 64.2 Å². The molecule has 128 valence electrons. The van der Waals surface area contributed by atoms with Crippen molar-refractivity contribution in [1.82, 2.24) is 4.90 Å². The Kier molecular flexibility index (Phi) is 5.41. The second-order valence-electron chi connectivity index (χ2n) is 6.23. The molecular formula is C18H27NO4. The van der Waals surface area contributed by atoms with E-state index < -0.39 is 0 Å². The molecule has 3 rings (SSSR count). The number of benzene rings is 1. The Balaban J connectivity index is 1.62. The molecule has 1 aliphatic heterocycles. The lowest BCUT2D eigenvalue weighted by Crippen LogP contribution is -2.52. The van der Waals surface area contributed by atoms with E-state index >= 15 is 0 Å². The second-order valence-corrected chi connectivity index (χ2v) is 6.23. The summed E-state index contributed by atoms with van der Waals surface area (Å²) in [6.07, 6.45) is 3.75. The number of fused-ring (bicyclic) bond motifs is 1. The highest BCUT2D eigenvalue weighted by atomic mass is 16.5. The largest absolute Gasteiger partial charge is 0.493 e. The van der Waals surface area contributed by atoms with Crippen LogP contribution >= 0.6 is 0 Å². The van der Waals surface area contributed by atoms with E-state index in [0.29, 0.717) is 6.04 Å². The van der Waals surface area contributed by atoms with Crippen molar-refractivity contribution >= 4 is 0 Å². The molecule has 0 radical (unpaired) electrons. The van der Waals surface area contributed by atoms with Crippen LogP contribution in [0.5, 0.6) is 11.5 Å². The van der Waals surface area contributed by atoms with Gasteiger partial charge in [-0.25, -0.2) is 0 Å². The third kappa shape index (κ3) is 3.47. The highest BCUT2D eigenvalue weighted by molar-refractivity contribution is 5.42. The summed E-state index contributed by atoms with van der Waals surface area (Å²) in [7, 11) is 5.13. The number of nitrogens with zero attached hydrogens (tertiary/aromatic N) is 1. The van der Waals surface area contributed by atoms with Crippen molar-refractivity contribution in [2.24, 2.45) is 0 Å². The maximum atomic E-state index is 5.95. The molecule has 2 fully saturated rings. The zero-order valence-electron chi connectivity index (χ0n) is 14.3. The molecule has 1 saturated carbocycles. The number of rotatable bonds is 6. The zero-order chi connectivity index (χ0) is 16.2. The minimum absolute atomic E-state index is 0.235. The minimum Gasteiger partial charge on any atom is -0.493 e. The molecule has 1 aromatic rings. The van der Waals surface area contributed by atoms with Gasteiger partial charge < -0.3 is 18.9 Å². The molecule has 1 aliphatic carbocycles. The van der Waals surface area contributed by atoms with E-state index in [1.807, 2.05) is 6.07 Å². The molecule has 23 heavy (non-hydrogen) atoms. The molecular weight excluding hydrogens is 294 g/mol. The smallest absolute Gasteiger partial charge is 0.160 e. The molecule has 0 aromatic heterocycles. The Hall–Kier alpha value is -1.30. The lowest BCUT2D eigenvalue weighted by atomic mass is 10.1. The first-order valence-electron chi connectivity index (χ1n) is 8.36. The molecule has 0 unspecified atom stereocenters. The van der Waals surface area contributed by atoms with E-state index in [0.717, 1.165) is 50.5 Å². The van der Waals surface area contributed by atoms with Gasteiger partial charge in [0.05, 0.1) is 33.0 Å². The Morgan fingerprint density at radius 2 is 1.96 bits per heavy atom. The van der Waals surface area contributed by atoms with Gasteiger partial charge in [0, 0.05) is 26.2 Å². The summed E-state index contributed by atoms with van der Waals surface area (Å²) < 4.78 is 22.2. The summed E-state index contributed by atoms with van der Waals surface area (Å²) in [5, 5.41) is 0. The number of hydrogen-bond acceptors (Lipinski definition) is 5. The topological polar surface area (TPSA) is 40.2 Å². The summed E-state index contributed by atoms with van der Waals surface area (Å²) in [6, 6.07) is 6.66. The van der Waals surface area contributed by atoms with E-state index in [1.165, 1.54) is 5.56 Å². The van der Waals surface area contributed by atoms with Crippen molar-refractivity contribution in [3.63, 3.8) is 0 Å². The maximum absolute atomic E-state index is 5.95. The highest BCUT2D eigenvalue weighted by Gasteiger charge is 2.42. The van der Waals surface area contributed by atoms with Crippen LogP contribution in [0, 0.1) is 0 Å². The average molecular weight is 321 g/mol. The number of methoxy groups -OCH3 is 3. The van der Waals surface area contributed by atoms with Gasteiger partial charge in [-0.1, -0.05) is 6.07 Å². The van der Waals surface area contributed by atoms with Gasteiger partial charge in [-0.05, 0) is 37.0 Å².